The first kappa shape index (κ1) is 25.3. The molecule has 0 aromatic rings. The molecule has 0 heterocycles. The summed E-state index contributed by atoms with van der Waals surface area (Å²) in [4.78, 5) is 39.4. The Kier molecular flexibility index (Phi) is 6.68. The van der Waals surface area contributed by atoms with E-state index in [1.165, 1.54) is 0 Å². The Bertz CT molecular complexity index is 922. The number of ketones is 2. The molecule has 34 heavy (non-hydrogen) atoms. The highest BCUT2D eigenvalue weighted by Gasteiger charge is 2.68. The van der Waals surface area contributed by atoms with Gasteiger partial charge in [-0.05, 0) is 69.2 Å². The van der Waals surface area contributed by atoms with Gasteiger partial charge in [0.1, 0.15) is 5.60 Å². The monoisotopic (exact) mass is 473 g/mol. The van der Waals surface area contributed by atoms with Gasteiger partial charge in [0.2, 0.25) is 5.78 Å². The summed E-state index contributed by atoms with van der Waals surface area (Å²) in [7, 11) is 0. The van der Waals surface area contributed by atoms with Gasteiger partial charge in [-0.1, -0.05) is 39.3 Å². The van der Waals surface area contributed by atoms with E-state index in [1.54, 1.807) is 12.2 Å². The number of rotatable bonds is 7. The van der Waals surface area contributed by atoms with Crippen LogP contribution in [0.3, 0.4) is 0 Å². The molecule has 0 saturated heterocycles. The summed E-state index contributed by atoms with van der Waals surface area (Å²) in [6.45, 7) is 9.03. The molecule has 0 aromatic heterocycles. The number of hydrogen-bond donors (Lipinski definition) is 2. The first-order valence-electron chi connectivity index (χ1n) is 12.8. The quantitative estimate of drug-likeness (QED) is 0.547. The van der Waals surface area contributed by atoms with Crippen LogP contribution in [0.5, 0.6) is 0 Å². The van der Waals surface area contributed by atoms with Gasteiger partial charge in [0.05, 0.1) is 12.6 Å². The number of hydrogen-bond acceptors (Lipinski definition) is 7. The predicted molar refractivity (Wildman–Crippen MR) is 127 cm³/mol. The Morgan fingerprint density at radius 1 is 1.21 bits per heavy atom. The van der Waals surface area contributed by atoms with E-state index < -0.39 is 35.5 Å². The molecule has 7 atom stereocenters. The number of aliphatic hydroxyl groups is 2. The van der Waals surface area contributed by atoms with Crippen LogP contribution in [0.2, 0.25) is 0 Å². The lowest BCUT2D eigenvalue weighted by Gasteiger charge is -2.59. The van der Waals surface area contributed by atoms with E-state index in [-0.39, 0.29) is 35.5 Å². The Hall–Kier alpha value is -1.83. The lowest BCUT2D eigenvalue weighted by Crippen LogP contribution is -2.61. The van der Waals surface area contributed by atoms with Crippen molar-refractivity contribution in [3.8, 4) is 0 Å². The molecule has 4 aliphatic rings. The highest BCUT2D eigenvalue weighted by Crippen LogP contribution is 2.67. The van der Waals surface area contributed by atoms with Crippen molar-refractivity contribution in [2.45, 2.75) is 71.5 Å². The number of nitrogens with zero attached hydrogens (tertiary/aromatic N) is 1. The Morgan fingerprint density at radius 3 is 2.59 bits per heavy atom. The van der Waals surface area contributed by atoms with Gasteiger partial charge in [-0.15, -0.1) is 0 Å². The molecular weight excluding hydrogens is 434 g/mol. The van der Waals surface area contributed by atoms with Crippen LogP contribution in [0.4, 0.5) is 0 Å². The number of carbonyl (C=O) groups excluding carboxylic acids is 3. The van der Waals surface area contributed by atoms with E-state index in [2.05, 4.69) is 6.92 Å². The number of fused-ring (bicyclic) bond motifs is 5. The minimum absolute atomic E-state index is 0.00237. The average molecular weight is 474 g/mol. The molecule has 0 aliphatic heterocycles. The van der Waals surface area contributed by atoms with E-state index in [9.17, 15) is 24.6 Å². The SMILES string of the molecule is CCN(CC)CC(=O)OCC(=O)[C@@]1(O)CCC2C3CCC4=CC(=O)C=C[C@]4(C)C3C(O)C[C@@]21C. The van der Waals surface area contributed by atoms with Crippen molar-refractivity contribution in [2.24, 2.45) is 28.6 Å². The minimum atomic E-state index is -1.63. The average Bonchev–Trinajstić information content (AvgIpc) is 3.07. The van der Waals surface area contributed by atoms with Crippen molar-refractivity contribution in [1.29, 1.82) is 0 Å². The molecule has 3 saturated carbocycles. The first-order chi connectivity index (χ1) is 16.0. The highest BCUT2D eigenvalue weighted by molar-refractivity contribution is 6.01. The predicted octanol–water partition coefficient (Wildman–Crippen LogP) is 2.45. The summed E-state index contributed by atoms with van der Waals surface area (Å²) in [5, 5.41) is 23.1. The molecule has 188 valence electrons. The van der Waals surface area contributed by atoms with Gasteiger partial charge < -0.3 is 14.9 Å². The number of likely N-dealkylation sites (N-methyl/N-ethyl adjacent to an activating group) is 1. The highest BCUT2D eigenvalue weighted by atomic mass is 16.5. The molecule has 2 N–H and O–H groups in total. The molecule has 0 aromatic carbocycles. The summed E-state index contributed by atoms with van der Waals surface area (Å²) in [6, 6.07) is 0. The number of allylic oxidation sites excluding steroid dienone is 4. The summed E-state index contributed by atoms with van der Waals surface area (Å²) in [5.74, 6) is -0.785. The molecule has 0 radical (unpaired) electrons. The summed E-state index contributed by atoms with van der Waals surface area (Å²) in [5.41, 5.74) is -1.73. The molecule has 0 amide bonds. The first-order valence-corrected chi connectivity index (χ1v) is 12.8. The minimum Gasteiger partial charge on any atom is -0.457 e. The number of esters is 1. The third-order valence-corrected chi connectivity index (χ3v) is 9.72. The second kappa shape index (κ2) is 8.99. The van der Waals surface area contributed by atoms with Crippen LogP contribution in [-0.4, -0.2) is 70.6 Å². The van der Waals surface area contributed by atoms with Crippen molar-refractivity contribution < 1.29 is 29.3 Å². The van der Waals surface area contributed by atoms with E-state index in [1.807, 2.05) is 31.7 Å². The van der Waals surface area contributed by atoms with Crippen molar-refractivity contribution >= 4 is 17.5 Å². The summed E-state index contributed by atoms with van der Waals surface area (Å²) in [6.07, 6.45) is 7.48. The van der Waals surface area contributed by atoms with Gasteiger partial charge in [-0.3, -0.25) is 19.3 Å². The molecule has 7 heteroatoms. The van der Waals surface area contributed by atoms with E-state index in [0.717, 1.165) is 18.4 Å². The zero-order valence-electron chi connectivity index (χ0n) is 20.9. The van der Waals surface area contributed by atoms with Crippen LogP contribution in [0.1, 0.15) is 59.8 Å². The van der Waals surface area contributed by atoms with Crippen molar-refractivity contribution in [3.63, 3.8) is 0 Å². The smallest absolute Gasteiger partial charge is 0.320 e. The van der Waals surface area contributed by atoms with Gasteiger partial charge in [0.25, 0.3) is 0 Å². The number of Topliss-reactive ketones (excluding diaryl/α,β-unsaturated/α-hetero) is 1. The maximum absolute atomic E-state index is 13.3. The maximum Gasteiger partial charge on any atom is 0.320 e. The van der Waals surface area contributed by atoms with Crippen LogP contribution in [0.25, 0.3) is 0 Å². The molecule has 4 aliphatic carbocycles. The molecule has 4 rings (SSSR count). The van der Waals surface area contributed by atoms with Gasteiger partial charge in [-0.2, -0.15) is 0 Å². The van der Waals surface area contributed by atoms with E-state index in [0.29, 0.717) is 32.4 Å². The maximum atomic E-state index is 13.3. The molecule has 7 nitrogen and oxygen atoms in total. The van der Waals surface area contributed by atoms with Gasteiger partial charge in [-0.25, -0.2) is 0 Å². The van der Waals surface area contributed by atoms with Gasteiger partial charge in [0.15, 0.2) is 12.4 Å². The zero-order valence-corrected chi connectivity index (χ0v) is 20.9. The topological polar surface area (TPSA) is 104 Å². The normalized spacial score (nSPS) is 40.9. The molecule has 0 spiro atoms. The fourth-order valence-electron chi connectivity index (χ4n) is 7.73. The van der Waals surface area contributed by atoms with E-state index >= 15 is 0 Å². The molecule has 3 fully saturated rings. The van der Waals surface area contributed by atoms with Crippen molar-refractivity contribution in [2.75, 3.05) is 26.2 Å². The third kappa shape index (κ3) is 3.80. The zero-order chi connectivity index (χ0) is 24.9. The van der Waals surface area contributed by atoms with Gasteiger partial charge in [0, 0.05) is 16.7 Å². The molecular formula is C27H39NO6. The Balaban J connectivity index is 1.52. The molecule has 0 bridgehead atoms. The largest absolute Gasteiger partial charge is 0.457 e. The van der Waals surface area contributed by atoms with E-state index in [4.69, 9.17) is 4.74 Å². The number of carbonyl (C=O) groups is 3. The fraction of sp³-hybridized carbons (Fsp3) is 0.741. The number of ether oxygens (including phenoxy) is 1. The van der Waals surface area contributed by atoms with Crippen LogP contribution >= 0.6 is 0 Å². The summed E-state index contributed by atoms with van der Waals surface area (Å²) >= 11 is 0. The standard InChI is InChI=1S/C27H39NO6/c1-5-28(6-2)15-23(32)34-16-22(31)27(33)12-10-20-19-8-7-17-13-18(29)9-11-25(17,3)24(19)21(30)14-26(20,27)4/h9,11,13,19-21,24,30,33H,5-8,10,12,14-16H2,1-4H3/t19?,20?,21?,24?,25-,26-,27-/m0/s1. The molecule has 4 unspecified atom stereocenters. The van der Waals surface area contributed by atoms with Crippen LogP contribution in [0.15, 0.2) is 23.8 Å². The van der Waals surface area contributed by atoms with Crippen molar-refractivity contribution in [3.05, 3.63) is 23.8 Å². The van der Waals surface area contributed by atoms with Crippen LogP contribution < -0.4 is 0 Å². The number of aliphatic hydroxyl groups excluding tert-OH is 1. The second-order valence-corrected chi connectivity index (χ2v) is 11.2. The summed E-state index contributed by atoms with van der Waals surface area (Å²) < 4.78 is 5.27. The lowest BCUT2D eigenvalue weighted by atomic mass is 9.46. The Labute approximate surface area is 202 Å². The van der Waals surface area contributed by atoms with Crippen LogP contribution in [-0.2, 0) is 19.1 Å². The lowest BCUT2D eigenvalue weighted by molar-refractivity contribution is -0.181. The van der Waals surface area contributed by atoms with Crippen LogP contribution in [0, 0.1) is 28.6 Å². The van der Waals surface area contributed by atoms with Gasteiger partial charge >= 0.3 is 5.97 Å². The van der Waals surface area contributed by atoms with Crippen molar-refractivity contribution in [1.82, 2.24) is 4.90 Å². The third-order valence-electron chi connectivity index (χ3n) is 9.72. The second-order valence-electron chi connectivity index (χ2n) is 11.2. The Morgan fingerprint density at radius 2 is 1.91 bits per heavy atom. The fourth-order valence-corrected chi connectivity index (χ4v) is 7.73.